The molecule has 1 aromatic carbocycles. The third kappa shape index (κ3) is 4.68. The number of hydrogen-bond acceptors (Lipinski definition) is 5. The molecule has 8 heteroatoms. The topological polar surface area (TPSA) is 81.3 Å². The summed E-state index contributed by atoms with van der Waals surface area (Å²) in [5.41, 5.74) is 5.24. The number of amides is 1. The fourth-order valence-electron chi connectivity index (χ4n) is 3.93. The van der Waals surface area contributed by atoms with Gasteiger partial charge in [-0.2, -0.15) is 5.10 Å². The van der Waals surface area contributed by atoms with Crippen LogP contribution >= 0.6 is 11.3 Å². The second-order valence-corrected chi connectivity index (χ2v) is 10.3. The van der Waals surface area contributed by atoms with Crippen molar-refractivity contribution < 1.29 is 4.79 Å². The number of benzene rings is 1. The van der Waals surface area contributed by atoms with Gasteiger partial charge in [0.25, 0.3) is 5.56 Å². The van der Waals surface area contributed by atoms with Crippen molar-refractivity contribution in [2.45, 2.75) is 53.9 Å². The lowest BCUT2D eigenvalue weighted by Gasteiger charge is -2.09. The maximum atomic E-state index is 13.6. The van der Waals surface area contributed by atoms with E-state index in [1.165, 1.54) is 16.9 Å². The summed E-state index contributed by atoms with van der Waals surface area (Å²) in [5.74, 6) is 0.713. The van der Waals surface area contributed by atoms with Crippen molar-refractivity contribution >= 4 is 22.2 Å². The molecule has 0 bridgehead atoms. The molecule has 0 aliphatic carbocycles. The van der Waals surface area contributed by atoms with Gasteiger partial charge in [0.1, 0.15) is 5.69 Å². The van der Waals surface area contributed by atoms with Crippen LogP contribution in [-0.4, -0.2) is 31.6 Å². The van der Waals surface area contributed by atoms with E-state index in [0.717, 1.165) is 11.4 Å². The summed E-state index contributed by atoms with van der Waals surface area (Å²) < 4.78 is 3.40. The highest BCUT2D eigenvalue weighted by Crippen LogP contribution is 2.24. The van der Waals surface area contributed by atoms with Gasteiger partial charge in [-0.05, 0) is 49.4 Å². The molecular formula is C26H31N5O2S. The van der Waals surface area contributed by atoms with Crippen LogP contribution in [0.2, 0.25) is 0 Å². The van der Waals surface area contributed by atoms with Gasteiger partial charge in [-0.25, -0.2) is 9.67 Å². The predicted octanol–water partition coefficient (Wildman–Crippen LogP) is 4.66. The second kappa shape index (κ2) is 9.54. The van der Waals surface area contributed by atoms with Crippen LogP contribution < -0.4 is 10.9 Å². The molecule has 0 spiro atoms. The van der Waals surface area contributed by atoms with Crippen molar-refractivity contribution in [1.82, 2.24) is 24.5 Å². The summed E-state index contributed by atoms with van der Waals surface area (Å²) in [5, 5.41) is 9.52. The predicted molar refractivity (Wildman–Crippen MR) is 137 cm³/mol. The Morgan fingerprint density at radius 1 is 1.12 bits per heavy atom. The first-order valence-corrected chi connectivity index (χ1v) is 12.5. The number of fused-ring (bicyclic) bond motifs is 1. The van der Waals surface area contributed by atoms with E-state index in [1.807, 2.05) is 56.0 Å². The van der Waals surface area contributed by atoms with Crippen LogP contribution in [0.25, 0.3) is 21.9 Å². The number of aromatic nitrogens is 4. The Balaban J connectivity index is 1.73. The minimum Gasteiger partial charge on any atom is -0.356 e. The van der Waals surface area contributed by atoms with Crippen LogP contribution in [0.1, 0.15) is 56.3 Å². The molecule has 0 saturated carbocycles. The quantitative estimate of drug-likeness (QED) is 0.420. The molecule has 0 aliphatic heterocycles. The highest BCUT2D eigenvalue weighted by atomic mass is 32.1. The molecule has 34 heavy (non-hydrogen) atoms. The van der Waals surface area contributed by atoms with E-state index in [1.54, 1.807) is 4.40 Å². The maximum Gasteiger partial charge on any atom is 0.268 e. The summed E-state index contributed by atoms with van der Waals surface area (Å²) in [7, 11) is 0. The zero-order valence-corrected chi connectivity index (χ0v) is 21.4. The first kappa shape index (κ1) is 23.9. The standard InChI is InChI=1S/C26H31N5O2S/c1-15(2)13-27-23(32)12-21-14-34-26-28-18(6)24(25(33)30(21)26)22-11-17(5)31(29-22)20-9-7-19(8-10-20)16(3)4/h7-11,14-16H,12-13H2,1-6H3,(H,27,32). The Morgan fingerprint density at radius 2 is 1.82 bits per heavy atom. The van der Waals surface area contributed by atoms with Crippen molar-refractivity contribution in [3.05, 3.63) is 68.7 Å². The SMILES string of the molecule is Cc1nc2scc(CC(=O)NCC(C)C)n2c(=O)c1-c1cc(C)n(-c2ccc(C(C)C)cc2)n1. The van der Waals surface area contributed by atoms with Gasteiger partial charge in [-0.15, -0.1) is 11.3 Å². The summed E-state index contributed by atoms with van der Waals surface area (Å²) >= 11 is 1.37. The van der Waals surface area contributed by atoms with Crippen LogP contribution in [0.4, 0.5) is 0 Å². The number of rotatable bonds is 7. The number of nitrogens with one attached hydrogen (secondary N) is 1. The second-order valence-electron chi connectivity index (χ2n) is 9.43. The molecule has 0 atom stereocenters. The van der Waals surface area contributed by atoms with Gasteiger partial charge >= 0.3 is 0 Å². The maximum absolute atomic E-state index is 13.6. The zero-order chi connectivity index (χ0) is 24.6. The smallest absolute Gasteiger partial charge is 0.268 e. The van der Waals surface area contributed by atoms with E-state index in [-0.39, 0.29) is 17.9 Å². The zero-order valence-electron chi connectivity index (χ0n) is 20.5. The fourth-order valence-corrected chi connectivity index (χ4v) is 4.85. The molecule has 3 aromatic heterocycles. The molecule has 0 unspecified atom stereocenters. The van der Waals surface area contributed by atoms with Gasteiger partial charge in [-0.3, -0.25) is 14.0 Å². The molecular weight excluding hydrogens is 446 g/mol. The van der Waals surface area contributed by atoms with E-state index in [2.05, 4.69) is 36.3 Å². The summed E-state index contributed by atoms with van der Waals surface area (Å²) in [6.07, 6.45) is 0.131. The third-order valence-corrected chi connectivity index (χ3v) is 6.69. The summed E-state index contributed by atoms with van der Waals surface area (Å²) in [6, 6.07) is 10.2. The highest BCUT2D eigenvalue weighted by molar-refractivity contribution is 7.15. The van der Waals surface area contributed by atoms with Gasteiger partial charge < -0.3 is 5.32 Å². The summed E-state index contributed by atoms with van der Waals surface area (Å²) in [6.45, 7) is 12.8. The molecule has 4 aromatic rings. The van der Waals surface area contributed by atoms with E-state index in [9.17, 15) is 9.59 Å². The largest absolute Gasteiger partial charge is 0.356 e. The van der Waals surface area contributed by atoms with Crippen LogP contribution in [-0.2, 0) is 11.2 Å². The molecule has 4 rings (SSSR count). The van der Waals surface area contributed by atoms with Crippen LogP contribution in [0.3, 0.4) is 0 Å². The number of aryl methyl sites for hydroxylation is 2. The van der Waals surface area contributed by atoms with Crippen LogP contribution in [0, 0.1) is 19.8 Å². The normalized spacial score (nSPS) is 11.6. The first-order valence-electron chi connectivity index (χ1n) is 11.6. The third-order valence-electron chi connectivity index (χ3n) is 5.82. The Bertz CT molecular complexity index is 1390. The van der Waals surface area contributed by atoms with E-state index >= 15 is 0 Å². The minimum absolute atomic E-state index is 0.104. The lowest BCUT2D eigenvalue weighted by Crippen LogP contribution is -2.30. The number of carbonyl (C=O) groups is 1. The average Bonchev–Trinajstić information content (AvgIpc) is 3.35. The molecule has 0 saturated heterocycles. The molecule has 3 heterocycles. The lowest BCUT2D eigenvalue weighted by molar-refractivity contribution is -0.120. The van der Waals surface area contributed by atoms with E-state index in [4.69, 9.17) is 5.10 Å². The number of thiazole rings is 1. The Kier molecular flexibility index (Phi) is 6.70. The lowest BCUT2D eigenvalue weighted by atomic mass is 10.0. The molecule has 0 fully saturated rings. The van der Waals surface area contributed by atoms with Gasteiger partial charge in [0.2, 0.25) is 5.91 Å². The molecule has 0 radical (unpaired) electrons. The fraction of sp³-hybridized carbons (Fsp3) is 0.385. The molecule has 1 amide bonds. The molecule has 178 valence electrons. The Labute approximate surface area is 203 Å². The average molecular weight is 478 g/mol. The first-order chi connectivity index (χ1) is 16.2. The van der Waals surface area contributed by atoms with Crippen LogP contribution in [0.5, 0.6) is 0 Å². The van der Waals surface area contributed by atoms with Crippen molar-refractivity contribution in [1.29, 1.82) is 0 Å². The van der Waals surface area contributed by atoms with Crippen molar-refractivity contribution in [2.24, 2.45) is 5.92 Å². The Hall–Kier alpha value is -3.26. The van der Waals surface area contributed by atoms with Crippen molar-refractivity contribution in [3.8, 4) is 16.9 Å². The van der Waals surface area contributed by atoms with Gasteiger partial charge in [-0.1, -0.05) is 39.8 Å². The summed E-state index contributed by atoms with van der Waals surface area (Å²) in [4.78, 5) is 31.2. The van der Waals surface area contributed by atoms with Crippen LogP contribution in [0.15, 0.2) is 40.5 Å². The minimum atomic E-state index is -0.199. The number of hydrogen-bond donors (Lipinski definition) is 1. The Morgan fingerprint density at radius 3 is 2.47 bits per heavy atom. The molecule has 0 aliphatic rings. The van der Waals surface area contributed by atoms with Crippen molar-refractivity contribution in [3.63, 3.8) is 0 Å². The highest BCUT2D eigenvalue weighted by Gasteiger charge is 2.20. The van der Waals surface area contributed by atoms with E-state index < -0.39 is 0 Å². The van der Waals surface area contributed by atoms with Gasteiger partial charge in [0, 0.05) is 23.3 Å². The van der Waals surface area contributed by atoms with Gasteiger partial charge in [0.15, 0.2) is 4.96 Å². The van der Waals surface area contributed by atoms with E-state index in [0.29, 0.717) is 46.0 Å². The number of nitrogens with zero attached hydrogens (tertiary/aromatic N) is 4. The molecule has 7 nitrogen and oxygen atoms in total. The van der Waals surface area contributed by atoms with Crippen molar-refractivity contribution in [2.75, 3.05) is 6.54 Å². The monoisotopic (exact) mass is 477 g/mol. The van der Waals surface area contributed by atoms with Gasteiger partial charge in [0.05, 0.1) is 23.4 Å². The molecule has 1 N–H and O–H groups in total. The number of carbonyl (C=O) groups excluding carboxylic acids is 1.